The van der Waals surface area contributed by atoms with E-state index in [-0.39, 0.29) is 18.5 Å². The first kappa shape index (κ1) is 20.4. The molecule has 0 aromatic heterocycles. The molecule has 3 heteroatoms. The van der Waals surface area contributed by atoms with Crippen LogP contribution < -0.4 is 0 Å². The van der Waals surface area contributed by atoms with Crippen LogP contribution in [0, 0.1) is 17.8 Å². The molecule has 0 spiro atoms. The number of fused-ring (bicyclic) bond motifs is 1. The highest BCUT2D eigenvalue weighted by Gasteiger charge is 2.45. The van der Waals surface area contributed by atoms with Gasteiger partial charge in [0.1, 0.15) is 0 Å². The minimum Gasteiger partial charge on any atom is -0.355 e. The Morgan fingerprint density at radius 2 is 2.04 bits per heavy atom. The highest BCUT2D eigenvalue weighted by atomic mass is 16.8. The molecule has 1 unspecified atom stereocenters. The van der Waals surface area contributed by atoms with Crippen LogP contribution in [-0.4, -0.2) is 26.8 Å². The Kier molecular flexibility index (Phi) is 7.92. The molecule has 1 saturated heterocycles. The summed E-state index contributed by atoms with van der Waals surface area (Å²) in [6.07, 6.45) is 12.2. The van der Waals surface area contributed by atoms with Crippen molar-refractivity contribution in [1.82, 2.24) is 0 Å². The van der Waals surface area contributed by atoms with Crippen LogP contribution in [0.15, 0.2) is 34.9 Å². The molecule has 3 nitrogen and oxygen atoms in total. The van der Waals surface area contributed by atoms with Crippen LogP contribution in [0.4, 0.5) is 0 Å². The molecule has 1 fully saturated rings. The predicted molar refractivity (Wildman–Crippen MR) is 103 cm³/mol. The van der Waals surface area contributed by atoms with Gasteiger partial charge in [-0.3, -0.25) is 0 Å². The van der Waals surface area contributed by atoms with Gasteiger partial charge in [0.2, 0.25) is 0 Å². The van der Waals surface area contributed by atoms with Crippen molar-refractivity contribution in [2.24, 2.45) is 17.8 Å². The van der Waals surface area contributed by atoms with Crippen LogP contribution in [0.1, 0.15) is 59.8 Å². The van der Waals surface area contributed by atoms with Crippen LogP contribution in [0.3, 0.4) is 0 Å². The number of allylic oxidation sites excluding steroid dienone is 5. The molecule has 2 rings (SSSR count). The number of rotatable bonds is 6. The lowest BCUT2D eigenvalue weighted by Gasteiger charge is -2.32. The van der Waals surface area contributed by atoms with Crippen LogP contribution >= 0.6 is 0 Å². The molecule has 0 aromatic rings. The van der Waals surface area contributed by atoms with Gasteiger partial charge in [-0.2, -0.15) is 0 Å². The molecule has 1 aliphatic heterocycles. The van der Waals surface area contributed by atoms with Gasteiger partial charge >= 0.3 is 0 Å². The maximum Gasteiger partial charge on any atom is 0.183 e. The lowest BCUT2D eigenvalue weighted by Crippen LogP contribution is -2.31. The van der Waals surface area contributed by atoms with Gasteiger partial charge in [-0.25, -0.2) is 0 Å². The third kappa shape index (κ3) is 5.29. The van der Waals surface area contributed by atoms with Crippen molar-refractivity contribution in [1.29, 1.82) is 0 Å². The average molecular weight is 349 g/mol. The molecular weight excluding hydrogens is 312 g/mol. The molecule has 1 heterocycles. The third-order valence-corrected chi connectivity index (χ3v) is 5.71. The molecule has 25 heavy (non-hydrogen) atoms. The van der Waals surface area contributed by atoms with Crippen molar-refractivity contribution in [3.05, 3.63) is 34.9 Å². The fourth-order valence-corrected chi connectivity index (χ4v) is 4.23. The van der Waals surface area contributed by atoms with Gasteiger partial charge in [-0.1, -0.05) is 36.3 Å². The number of hydrogen-bond donors (Lipinski definition) is 0. The highest BCUT2D eigenvalue weighted by Crippen LogP contribution is 2.45. The Hall–Kier alpha value is -0.900. The van der Waals surface area contributed by atoms with Gasteiger partial charge in [0, 0.05) is 20.1 Å². The fourth-order valence-electron chi connectivity index (χ4n) is 4.23. The first-order valence-electron chi connectivity index (χ1n) is 9.67. The van der Waals surface area contributed by atoms with E-state index < -0.39 is 0 Å². The summed E-state index contributed by atoms with van der Waals surface area (Å²) in [5, 5.41) is 0. The second-order valence-electron chi connectivity index (χ2n) is 7.86. The topological polar surface area (TPSA) is 27.7 Å². The van der Waals surface area contributed by atoms with Crippen molar-refractivity contribution in [2.45, 2.75) is 72.4 Å². The van der Waals surface area contributed by atoms with E-state index in [2.05, 4.69) is 45.9 Å². The van der Waals surface area contributed by atoms with Crippen molar-refractivity contribution in [2.75, 3.05) is 14.2 Å². The molecule has 142 valence electrons. The minimum absolute atomic E-state index is 0.203. The molecule has 2 aliphatic rings. The van der Waals surface area contributed by atoms with Crippen molar-refractivity contribution in [3.63, 3.8) is 0 Å². The number of hydrogen-bond acceptors (Lipinski definition) is 3. The quantitative estimate of drug-likeness (QED) is 0.582. The van der Waals surface area contributed by atoms with Crippen LogP contribution in [0.5, 0.6) is 0 Å². The largest absolute Gasteiger partial charge is 0.355 e. The summed E-state index contributed by atoms with van der Waals surface area (Å²) in [4.78, 5) is 0. The van der Waals surface area contributed by atoms with Crippen molar-refractivity contribution >= 4 is 0 Å². The maximum atomic E-state index is 6.06. The zero-order valence-corrected chi connectivity index (χ0v) is 16.9. The number of methoxy groups -OCH3 is 2. The summed E-state index contributed by atoms with van der Waals surface area (Å²) >= 11 is 0. The monoisotopic (exact) mass is 348 g/mol. The van der Waals surface area contributed by atoms with Crippen molar-refractivity contribution < 1.29 is 14.2 Å². The molecule has 0 bridgehead atoms. The Balaban J connectivity index is 2.26. The maximum absolute atomic E-state index is 6.06. The first-order valence-corrected chi connectivity index (χ1v) is 9.67. The Morgan fingerprint density at radius 3 is 2.68 bits per heavy atom. The smallest absolute Gasteiger partial charge is 0.183 e. The summed E-state index contributed by atoms with van der Waals surface area (Å²) in [6.45, 7) is 9.00. The lowest BCUT2D eigenvalue weighted by atomic mass is 9.74. The molecular formula is C22H36O3. The summed E-state index contributed by atoms with van der Waals surface area (Å²) in [5.41, 5.74) is 4.17. The van der Waals surface area contributed by atoms with Crippen molar-refractivity contribution in [3.8, 4) is 0 Å². The SMILES string of the molecule is COC1O[C@@H](OC)[C@H]2C1=CCC=C(C)CC[C@@H]2[C@@H](C)CCC=C(C)C. The van der Waals surface area contributed by atoms with Crippen LogP contribution in [0.25, 0.3) is 0 Å². The minimum atomic E-state index is -0.269. The zero-order valence-electron chi connectivity index (χ0n) is 16.9. The van der Waals surface area contributed by atoms with Gasteiger partial charge in [0.25, 0.3) is 0 Å². The second kappa shape index (κ2) is 9.70. The normalized spacial score (nSPS) is 31.1. The molecule has 0 aromatic carbocycles. The zero-order chi connectivity index (χ0) is 18.4. The summed E-state index contributed by atoms with van der Waals surface area (Å²) in [5.74, 6) is 1.45. The van der Waals surface area contributed by atoms with E-state index in [1.807, 2.05) is 0 Å². The van der Waals surface area contributed by atoms with E-state index >= 15 is 0 Å². The standard InChI is InChI=1S/C22H36O3/c1-15(2)9-7-11-17(4)18-14-13-16(3)10-8-12-19-20(18)22(24-6)25-21(19)23-5/h9-10,12,17-18,20-22H,7-8,11,13-14H2,1-6H3/t17-,18+,20+,21?,22+/m0/s1. The molecule has 1 aliphatic carbocycles. The molecule has 0 saturated carbocycles. The Morgan fingerprint density at radius 1 is 1.28 bits per heavy atom. The Labute approximate surface area is 154 Å². The van der Waals surface area contributed by atoms with Gasteiger partial charge in [0.15, 0.2) is 12.6 Å². The van der Waals surface area contributed by atoms with E-state index in [9.17, 15) is 0 Å². The Bertz CT molecular complexity index is 513. The van der Waals surface area contributed by atoms with E-state index in [4.69, 9.17) is 14.2 Å². The predicted octanol–water partition coefficient (Wildman–Crippen LogP) is 5.63. The summed E-state index contributed by atoms with van der Waals surface area (Å²) < 4.78 is 17.4. The van der Waals surface area contributed by atoms with Gasteiger partial charge in [-0.05, 0) is 70.3 Å². The van der Waals surface area contributed by atoms with E-state index in [0.29, 0.717) is 11.8 Å². The highest BCUT2D eigenvalue weighted by molar-refractivity contribution is 5.20. The summed E-state index contributed by atoms with van der Waals surface area (Å²) in [7, 11) is 3.48. The van der Waals surface area contributed by atoms with E-state index in [1.165, 1.54) is 29.6 Å². The third-order valence-electron chi connectivity index (χ3n) is 5.71. The fraction of sp³-hybridized carbons (Fsp3) is 0.727. The second-order valence-corrected chi connectivity index (χ2v) is 7.86. The summed E-state index contributed by atoms with van der Waals surface area (Å²) in [6, 6.07) is 0. The average Bonchev–Trinajstić information content (AvgIpc) is 2.94. The van der Waals surface area contributed by atoms with Gasteiger partial charge in [-0.15, -0.1) is 0 Å². The number of ether oxygens (including phenoxy) is 3. The van der Waals surface area contributed by atoms with Crippen LogP contribution in [-0.2, 0) is 14.2 Å². The van der Waals surface area contributed by atoms with E-state index in [0.717, 1.165) is 19.3 Å². The molecule has 0 radical (unpaired) electrons. The van der Waals surface area contributed by atoms with Gasteiger partial charge in [0.05, 0.1) is 0 Å². The lowest BCUT2D eigenvalue weighted by molar-refractivity contribution is -0.194. The molecule has 0 amide bonds. The van der Waals surface area contributed by atoms with E-state index in [1.54, 1.807) is 14.2 Å². The van der Waals surface area contributed by atoms with Gasteiger partial charge < -0.3 is 14.2 Å². The first-order chi connectivity index (χ1) is 12.0. The molecule has 0 N–H and O–H groups in total. The van der Waals surface area contributed by atoms with Crippen LogP contribution in [0.2, 0.25) is 0 Å². The molecule has 5 atom stereocenters.